The van der Waals surface area contributed by atoms with Gasteiger partial charge in [-0.1, -0.05) is 0 Å². The topological polar surface area (TPSA) is 34.4 Å². The number of nitrogens with one attached hydrogen (secondary N) is 1. The molecule has 1 heterocycles. The van der Waals surface area contributed by atoms with Crippen molar-refractivity contribution in [2.24, 2.45) is 0 Å². The van der Waals surface area contributed by atoms with Gasteiger partial charge in [0.2, 0.25) is 0 Å². The lowest BCUT2D eigenvalue weighted by molar-refractivity contribution is 0.0230. The molecule has 3 nitrogen and oxygen atoms in total. The van der Waals surface area contributed by atoms with E-state index in [2.05, 4.69) is 25.2 Å². The summed E-state index contributed by atoms with van der Waals surface area (Å²) in [4.78, 5) is 0. The lowest BCUT2D eigenvalue weighted by Crippen LogP contribution is -2.36. The fourth-order valence-corrected chi connectivity index (χ4v) is 1.43. The van der Waals surface area contributed by atoms with Gasteiger partial charge in [0.1, 0.15) is 11.5 Å². The highest BCUT2D eigenvalue weighted by molar-refractivity contribution is 5.19. The third kappa shape index (κ3) is 3.68. The van der Waals surface area contributed by atoms with Crippen molar-refractivity contribution in [3.8, 4) is 0 Å². The molecule has 1 aromatic rings. The molecule has 0 aliphatic heterocycles. The van der Waals surface area contributed by atoms with Crippen LogP contribution < -0.4 is 5.32 Å². The van der Waals surface area contributed by atoms with Gasteiger partial charge >= 0.3 is 0 Å². The number of aryl methyl sites for hydroxylation is 2. The minimum Gasteiger partial charge on any atom is -0.466 e. The van der Waals surface area contributed by atoms with E-state index in [0.29, 0.717) is 0 Å². The quantitative estimate of drug-likeness (QED) is 0.812. The number of hydrogen-bond donors (Lipinski definition) is 1. The van der Waals surface area contributed by atoms with E-state index in [1.165, 1.54) is 5.56 Å². The van der Waals surface area contributed by atoms with Crippen molar-refractivity contribution in [1.82, 2.24) is 5.32 Å². The maximum absolute atomic E-state index is 5.45. The number of ether oxygens (including phenoxy) is 1. The van der Waals surface area contributed by atoms with Crippen LogP contribution in [0.2, 0.25) is 0 Å². The van der Waals surface area contributed by atoms with Crippen molar-refractivity contribution in [2.75, 3.05) is 13.7 Å². The number of methoxy groups -OCH3 is 1. The summed E-state index contributed by atoms with van der Waals surface area (Å²) in [5.74, 6) is 1.96. The standard InChI is InChI=1S/C12H21NO2/c1-9-6-11(10(2)15-9)7-13-8-12(3,4)14-5/h6,13H,7-8H2,1-5H3. The molecule has 0 bridgehead atoms. The van der Waals surface area contributed by atoms with Crippen molar-refractivity contribution >= 4 is 0 Å². The molecule has 0 amide bonds. The Morgan fingerprint density at radius 2 is 2.07 bits per heavy atom. The first-order valence-electron chi connectivity index (χ1n) is 5.26. The van der Waals surface area contributed by atoms with E-state index in [1.54, 1.807) is 7.11 Å². The second kappa shape index (κ2) is 4.81. The van der Waals surface area contributed by atoms with Crippen LogP contribution in [0.25, 0.3) is 0 Å². The van der Waals surface area contributed by atoms with Crippen molar-refractivity contribution in [3.63, 3.8) is 0 Å². The monoisotopic (exact) mass is 211 g/mol. The highest BCUT2D eigenvalue weighted by Gasteiger charge is 2.15. The Labute approximate surface area is 91.8 Å². The highest BCUT2D eigenvalue weighted by Crippen LogP contribution is 2.13. The van der Waals surface area contributed by atoms with Gasteiger partial charge in [-0.2, -0.15) is 0 Å². The highest BCUT2D eigenvalue weighted by atomic mass is 16.5. The molecule has 0 radical (unpaired) electrons. The Morgan fingerprint density at radius 1 is 1.40 bits per heavy atom. The fraction of sp³-hybridized carbons (Fsp3) is 0.667. The molecule has 1 rings (SSSR count). The Bertz CT molecular complexity index is 315. The van der Waals surface area contributed by atoms with Crippen LogP contribution in [-0.4, -0.2) is 19.3 Å². The third-order valence-corrected chi connectivity index (χ3v) is 2.56. The second-order valence-electron chi connectivity index (χ2n) is 4.51. The van der Waals surface area contributed by atoms with E-state index in [1.807, 2.05) is 13.8 Å². The third-order valence-electron chi connectivity index (χ3n) is 2.56. The molecule has 1 N–H and O–H groups in total. The van der Waals surface area contributed by atoms with Gasteiger partial charge in [-0.3, -0.25) is 0 Å². The van der Waals surface area contributed by atoms with Crippen molar-refractivity contribution in [2.45, 2.75) is 39.8 Å². The molecule has 15 heavy (non-hydrogen) atoms. The van der Waals surface area contributed by atoms with Gasteiger partial charge in [0.25, 0.3) is 0 Å². The predicted octanol–water partition coefficient (Wildman–Crippen LogP) is 2.41. The zero-order valence-corrected chi connectivity index (χ0v) is 10.3. The van der Waals surface area contributed by atoms with Crippen LogP contribution >= 0.6 is 0 Å². The van der Waals surface area contributed by atoms with Gasteiger partial charge in [0.15, 0.2) is 0 Å². The van der Waals surface area contributed by atoms with Gasteiger partial charge in [-0.05, 0) is 33.8 Å². The molecule has 3 heteroatoms. The summed E-state index contributed by atoms with van der Waals surface area (Å²) in [6.07, 6.45) is 0. The molecule has 0 aromatic carbocycles. The van der Waals surface area contributed by atoms with Gasteiger partial charge in [0, 0.05) is 25.8 Å². The van der Waals surface area contributed by atoms with Gasteiger partial charge in [-0.15, -0.1) is 0 Å². The van der Waals surface area contributed by atoms with Crippen LogP contribution in [-0.2, 0) is 11.3 Å². The first-order valence-corrected chi connectivity index (χ1v) is 5.26. The summed E-state index contributed by atoms with van der Waals surface area (Å²) in [6.45, 7) is 9.74. The zero-order valence-electron chi connectivity index (χ0n) is 10.3. The predicted molar refractivity (Wildman–Crippen MR) is 61.0 cm³/mol. The Morgan fingerprint density at radius 3 is 2.53 bits per heavy atom. The van der Waals surface area contributed by atoms with Crippen LogP contribution in [0.1, 0.15) is 30.9 Å². The smallest absolute Gasteiger partial charge is 0.105 e. The van der Waals surface area contributed by atoms with E-state index >= 15 is 0 Å². The molecular formula is C12H21NO2. The molecule has 0 fully saturated rings. The summed E-state index contributed by atoms with van der Waals surface area (Å²) < 4.78 is 10.8. The van der Waals surface area contributed by atoms with Gasteiger partial charge < -0.3 is 14.5 Å². The van der Waals surface area contributed by atoms with E-state index in [-0.39, 0.29) is 5.60 Å². The summed E-state index contributed by atoms with van der Waals surface area (Å²) in [7, 11) is 1.73. The molecule has 86 valence electrons. The molecule has 1 aromatic heterocycles. The minimum absolute atomic E-state index is 0.118. The van der Waals surface area contributed by atoms with Gasteiger partial charge in [-0.25, -0.2) is 0 Å². The van der Waals surface area contributed by atoms with E-state index < -0.39 is 0 Å². The van der Waals surface area contributed by atoms with E-state index in [0.717, 1.165) is 24.6 Å². The van der Waals surface area contributed by atoms with Crippen molar-refractivity contribution < 1.29 is 9.15 Å². The summed E-state index contributed by atoms with van der Waals surface area (Å²) in [6, 6.07) is 2.07. The molecule has 0 atom stereocenters. The molecule has 0 aliphatic carbocycles. The summed E-state index contributed by atoms with van der Waals surface area (Å²) in [5.41, 5.74) is 1.10. The maximum atomic E-state index is 5.45. The normalized spacial score (nSPS) is 12.1. The first kappa shape index (κ1) is 12.3. The minimum atomic E-state index is -0.118. The van der Waals surface area contributed by atoms with Crippen LogP contribution in [0.3, 0.4) is 0 Å². The zero-order chi connectivity index (χ0) is 11.5. The SMILES string of the molecule is COC(C)(C)CNCc1cc(C)oc1C. The Hall–Kier alpha value is -0.800. The molecule has 0 aliphatic rings. The molecule has 0 saturated carbocycles. The molecular weight excluding hydrogens is 190 g/mol. The average molecular weight is 211 g/mol. The Kier molecular flexibility index (Phi) is 3.94. The number of rotatable bonds is 5. The van der Waals surface area contributed by atoms with Gasteiger partial charge in [0.05, 0.1) is 5.60 Å². The second-order valence-corrected chi connectivity index (χ2v) is 4.51. The first-order chi connectivity index (χ1) is 6.94. The number of furan rings is 1. The van der Waals surface area contributed by atoms with Crippen molar-refractivity contribution in [3.05, 3.63) is 23.2 Å². The lowest BCUT2D eigenvalue weighted by Gasteiger charge is -2.23. The maximum Gasteiger partial charge on any atom is 0.105 e. The molecule has 0 unspecified atom stereocenters. The summed E-state index contributed by atoms with van der Waals surface area (Å²) >= 11 is 0. The molecule has 0 saturated heterocycles. The average Bonchev–Trinajstić information content (AvgIpc) is 2.45. The number of hydrogen-bond acceptors (Lipinski definition) is 3. The molecule has 0 spiro atoms. The fourth-order valence-electron chi connectivity index (χ4n) is 1.43. The van der Waals surface area contributed by atoms with Crippen LogP contribution in [0.5, 0.6) is 0 Å². The largest absolute Gasteiger partial charge is 0.466 e. The van der Waals surface area contributed by atoms with Crippen molar-refractivity contribution in [1.29, 1.82) is 0 Å². The van der Waals surface area contributed by atoms with E-state index in [9.17, 15) is 0 Å². The van der Waals surface area contributed by atoms with Crippen LogP contribution in [0.15, 0.2) is 10.5 Å². The van der Waals surface area contributed by atoms with E-state index in [4.69, 9.17) is 9.15 Å². The lowest BCUT2D eigenvalue weighted by atomic mass is 10.1. The van der Waals surface area contributed by atoms with Crippen LogP contribution in [0.4, 0.5) is 0 Å². The van der Waals surface area contributed by atoms with Crippen LogP contribution in [0, 0.1) is 13.8 Å². The summed E-state index contributed by atoms with van der Waals surface area (Å²) in [5, 5.41) is 3.36. The Balaban J connectivity index is 2.41.